The minimum atomic E-state index is -2.51. The largest absolute Gasteiger partial charge is 0.477 e. The zero-order chi connectivity index (χ0) is 12.5. The van der Waals surface area contributed by atoms with E-state index in [0.717, 1.165) is 0 Å². The van der Waals surface area contributed by atoms with E-state index in [9.17, 15) is 13.6 Å². The maximum absolute atomic E-state index is 12.5. The highest BCUT2D eigenvalue weighted by molar-refractivity contribution is 5.93. The highest BCUT2D eigenvalue weighted by Gasteiger charge is 2.45. The van der Waals surface area contributed by atoms with Gasteiger partial charge in [0.1, 0.15) is 0 Å². The molecule has 0 N–H and O–H groups in total. The Hall–Kier alpha value is -1.52. The summed E-state index contributed by atoms with van der Waals surface area (Å²) in [6.45, 7) is 1.70. The topological polar surface area (TPSA) is 39.2 Å². The lowest BCUT2D eigenvalue weighted by Crippen LogP contribution is -2.38. The van der Waals surface area contributed by atoms with Crippen molar-refractivity contribution >= 4 is 5.78 Å². The molecule has 0 atom stereocenters. The number of ether oxygens (including phenoxy) is 1. The lowest BCUT2D eigenvalue weighted by molar-refractivity contribution is -0.119. The number of Topliss-reactive ketones (excluding diaryl/α,β-unsaturated/α-hetero) is 1. The Labute approximate surface area is 97.8 Å². The zero-order valence-electron chi connectivity index (χ0n) is 9.45. The third-order valence-corrected chi connectivity index (χ3v) is 2.78. The quantitative estimate of drug-likeness (QED) is 0.761. The molecule has 0 saturated heterocycles. The van der Waals surface area contributed by atoms with E-state index in [0.29, 0.717) is 11.4 Å². The zero-order valence-corrected chi connectivity index (χ0v) is 9.45. The van der Waals surface area contributed by atoms with Crippen LogP contribution in [0.15, 0.2) is 18.3 Å². The summed E-state index contributed by atoms with van der Waals surface area (Å²) in [6, 6.07) is 3.19. The predicted octanol–water partition coefficient (Wildman–Crippen LogP) is 2.71. The molecular formula is C12H13F2NO2. The van der Waals surface area contributed by atoms with Gasteiger partial charge in [0, 0.05) is 36.6 Å². The van der Waals surface area contributed by atoms with Crippen molar-refractivity contribution in [1.82, 2.24) is 4.98 Å². The molecule has 1 saturated carbocycles. The van der Waals surface area contributed by atoms with Crippen LogP contribution in [0.2, 0.25) is 0 Å². The van der Waals surface area contributed by atoms with Gasteiger partial charge in [-0.05, 0) is 13.0 Å². The first kappa shape index (κ1) is 12.0. The van der Waals surface area contributed by atoms with Crippen LogP contribution in [0.25, 0.3) is 0 Å². The summed E-state index contributed by atoms with van der Waals surface area (Å²) in [5.74, 6) is -2.31. The number of hydrogen-bond donors (Lipinski definition) is 0. The number of ketones is 1. The Kier molecular flexibility index (Phi) is 3.09. The van der Waals surface area contributed by atoms with Gasteiger partial charge in [-0.15, -0.1) is 0 Å². The van der Waals surface area contributed by atoms with Gasteiger partial charge in [-0.25, -0.2) is 13.8 Å². The van der Waals surface area contributed by atoms with E-state index < -0.39 is 5.92 Å². The fourth-order valence-electron chi connectivity index (χ4n) is 1.78. The molecule has 0 spiro atoms. The fourth-order valence-corrected chi connectivity index (χ4v) is 1.78. The molecule has 1 fully saturated rings. The Morgan fingerprint density at radius 2 is 2.24 bits per heavy atom. The average Bonchev–Trinajstić information content (AvgIpc) is 2.24. The number of nitrogens with zero attached hydrogens (tertiary/aromatic N) is 1. The molecule has 1 aromatic heterocycles. The van der Waals surface area contributed by atoms with E-state index in [2.05, 4.69) is 4.98 Å². The summed E-state index contributed by atoms with van der Waals surface area (Å²) < 4.78 is 30.4. The van der Waals surface area contributed by atoms with Crippen LogP contribution in [0.1, 0.15) is 30.1 Å². The highest BCUT2D eigenvalue weighted by atomic mass is 19.3. The number of pyridine rings is 1. The van der Waals surface area contributed by atoms with E-state index in [1.165, 1.54) is 13.1 Å². The standard InChI is InChI=1S/C12H13F2NO2/c1-8(16)10-2-3-11(15-6-10)17-7-9-4-12(13,14)5-9/h2-3,6,9H,4-5,7H2,1H3. The molecule has 17 heavy (non-hydrogen) atoms. The van der Waals surface area contributed by atoms with Gasteiger partial charge in [-0.3, -0.25) is 4.79 Å². The van der Waals surface area contributed by atoms with Crippen molar-refractivity contribution in [2.75, 3.05) is 6.61 Å². The summed E-state index contributed by atoms with van der Waals surface area (Å²) in [5, 5.41) is 0. The third-order valence-electron chi connectivity index (χ3n) is 2.78. The first-order chi connectivity index (χ1) is 7.96. The maximum atomic E-state index is 12.5. The Bertz CT molecular complexity index is 409. The van der Waals surface area contributed by atoms with Crippen LogP contribution < -0.4 is 4.74 Å². The summed E-state index contributed by atoms with van der Waals surface area (Å²) in [4.78, 5) is 14.9. The van der Waals surface area contributed by atoms with E-state index >= 15 is 0 Å². The number of carbonyl (C=O) groups is 1. The average molecular weight is 241 g/mol. The lowest BCUT2D eigenvalue weighted by atomic mass is 9.82. The van der Waals surface area contributed by atoms with Crippen molar-refractivity contribution in [3.63, 3.8) is 0 Å². The molecule has 1 aliphatic carbocycles. The van der Waals surface area contributed by atoms with Crippen LogP contribution in [-0.2, 0) is 0 Å². The number of halogens is 2. The summed E-state index contributed by atoms with van der Waals surface area (Å²) >= 11 is 0. The van der Waals surface area contributed by atoms with Crippen molar-refractivity contribution in [3.8, 4) is 5.88 Å². The molecule has 0 aromatic carbocycles. The van der Waals surface area contributed by atoms with Gasteiger partial charge in [0.2, 0.25) is 11.8 Å². The second-order valence-corrected chi connectivity index (χ2v) is 4.38. The molecule has 0 bridgehead atoms. The molecule has 0 aliphatic heterocycles. The van der Waals surface area contributed by atoms with Crippen LogP contribution in [0.5, 0.6) is 5.88 Å². The van der Waals surface area contributed by atoms with E-state index in [4.69, 9.17) is 4.74 Å². The molecule has 0 unspecified atom stereocenters. The first-order valence-corrected chi connectivity index (χ1v) is 5.44. The maximum Gasteiger partial charge on any atom is 0.248 e. The Morgan fingerprint density at radius 3 is 2.71 bits per heavy atom. The fraction of sp³-hybridized carbons (Fsp3) is 0.500. The van der Waals surface area contributed by atoms with Crippen molar-refractivity contribution in [1.29, 1.82) is 0 Å². The smallest absolute Gasteiger partial charge is 0.248 e. The summed E-state index contributed by atoms with van der Waals surface area (Å²) in [5.41, 5.74) is 0.507. The second-order valence-electron chi connectivity index (χ2n) is 4.38. The van der Waals surface area contributed by atoms with E-state index in [1.807, 2.05) is 0 Å². The van der Waals surface area contributed by atoms with Crippen molar-refractivity contribution in [2.24, 2.45) is 5.92 Å². The van der Waals surface area contributed by atoms with Gasteiger partial charge in [0.05, 0.1) is 6.61 Å². The van der Waals surface area contributed by atoms with Crippen LogP contribution in [0.3, 0.4) is 0 Å². The van der Waals surface area contributed by atoms with Crippen molar-refractivity contribution < 1.29 is 18.3 Å². The third kappa shape index (κ3) is 2.99. The molecule has 5 heteroatoms. The van der Waals surface area contributed by atoms with Gasteiger partial charge in [0.25, 0.3) is 0 Å². The van der Waals surface area contributed by atoms with Gasteiger partial charge in [-0.1, -0.05) is 0 Å². The van der Waals surface area contributed by atoms with Crippen LogP contribution >= 0.6 is 0 Å². The molecular weight excluding hydrogens is 228 g/mol. The normalized spacial score (nSPS) is 18.5. The van der Waals surface area contributed by atoms with Crippen molar-refractivity contribution in [2.45, 2.75) is 25.7 Å². The SMILES string of the molecule is CC(=O)c1ccc(OCC2CC(F)(F)C2)nc1. The molecule has 3 nitrogen and oxygen atoms in total. The molecule has 0 amide bonds. The van der Waals surface area contributed by atoms with Crippen molar-refractivity contribution in [3.05, 3.63) is 23.9 Å². The molecule has 1 aliphatic rings. The van der Waals surface area contributed by atoms with Crippen LogP contribution in [0, 0.1) is 5.92 Å². The number of alkyl halides is 2. The summed E-state index contributed by atoms with van der Waals surface area (Å²) in [7, 11) is 0. The first-order valence-electron chi connectivity index (χ1n) is 5.44. The van der Waals surface area contributed by atoms with Gasteiger partial charge >= 0.3 is 0 Å². The molecule has 2 rings (SSSR count). The Morgan fingerprint density at radius 1 is 1.53 bits per heavy atom. The summed E-state index contributed by atoms with van der Waals surface area (Å²) in [6.07, 6.45) is 1.20. The monoisotopic (exact) mass is 241 g/mol. The molecule has 92 valence electrons. The predicted molar refractivity (Wildman–Crippen MR) is 57.4 cm³/mol. The van der Waals surface area contributed by atoms with Gasteiger partial charge in [0.15, 0.2) is 5.78 Å². The molecule has 1 heterocycles. The molecule has 0 radical (unpaired) electrons. The second kappa shape index (κ2) is 4.39. The molecule has 1 aromatic rings. The minimum absolute atomic E-state index is 0.0670. The number of rotatable bonds is 4. The number of hydrogen-bond acceptors (Lipinski definition) is 3. The van der Waals surface area contributed by atoms with Gasteiger partial charge < -0.3 is 4.74 Å². The van der Waals surface area contributed by atoms with Crippen LogP contribution in [0.4, 0.5) is 8.78 Å². The number of carbonyl (C=O) groups excluding carboxylic acids is 1. The highest BCUT2D eigenvalue weighted by Crippen LogP contribution is 2.42. The Balaban J connectivity index is 1.82. The van der Waals surface area contributed by atoms with E-state index in [1.54, 1.807) is 12.1 Å². The van der Waals surface area contributed by atoms with Crippen LogP contribution in [-0.4, -0.2) is 23.3 Å². The lowest BCUT2D eigenvalue weighted by Gasteiger charge is -2.34. The number of aromatic nitrogens is 1. The van der Waals surface area contributed by atoms with E-state index in [-0.39, 0.29) is 31.1 Å². The van der Waals surface area contributed by atoms with Gasteiger partial charge in [-0.2, -0.15) is 0 Å². The minimum Gasteiger partial charge on any atom is -0.477 e.